The van der Waals surface area contributed by atoms with Gasteiger partial charge in [0.15, 0.2) is 0 Å². The second kappa shape index (κ2) is 5.10. The smallest absolute Gasteiger partial charge is 0.321 e. The lowest BCUT2D eigenvalue weighted by molar-refractivity contribution is -0.169. The summed E-state index contributed by atoms with van der Waals surface area (Å²) < 4.78 is 4.78. The standard InChI is InChI=1S/C13H17NO3S/c1-14(9-10-5-3-8-18-10)11(15)13(6-4-7-13)12(16)17-2/h3,5,8H,4,6-7,9H2,1-2H3. The lowest BCUT2D eigenvalue weighted by Gasteiger charge is -2.39. The number of rotatable bonds is 4. The van der Waals surface area contributed by atoms with E-state index in [4.69, 9.17) is 4.74 Å². The van der Waals surface area contributed by atoms with E-state index < -0.39 is 11.4 Å². The van der Waals surface area contributed by atoms with E-state index >= 15 is 0 Å². The number of methoxy groups -OCH3 is 1. The Bertz CT molecular complexity index is 437. The van der Waals surface area contributed by atoms with Crippen LogP contribution < -0.4 is 0 Å². The molecule has 0 radical (unpaired) electrons. The molecule has 2 rings (SSSR count). The molecule has 1 aromatic heterocycles. The van der Waals surface area contributed by atoms with Gasteiger partial charge in [-0.15, -0.1) is 11.3 Å². The second-order valence-corrected chi connectivity index (χ2v) is 5.70. The van der Waals surface area contributed by atoms with Gasteiger partial charge in [-0.3, -0.25) is 9.59 Å². The number of amides is 1. The lowest BCUT2D eigenvalue weighted by atomic mass is 9.67. The van der Waals surface area contributed by atoms with Crippen molar-refractivity contribution in [2.24, 2.45) is 5.41 Å². The maximum Gasteiger partial charge on any atom is 0.321 e. The summed E-state index contributed by atoms with van der Waals surface area (Å²) in [6.07, 6.45) is 2.12. The highest BCUT2D eigenvalue weighted by Crippen LogP contribution is 2.43. The third-order valence-electron chi connectivity index (χ3n) is 3.51. The first kappa shape index (κ1) is 13.1. The van der Waals surface area contributed by atoms with Gasteiger partial charge in [-0.25, -0.2) is 0 Å². The zero-order chi connectivity index (χ0) is 13.2. The quantitative estimate of drug-likeness (QED) is 0.619. The number of esters is 1. The predicted octanol–water partition coefficient (Wildman–Crippen LogP) is 2.05. The van der Waals surface area contributed by atoms with Crippen molar-refractivity contribution < 1.29 is 14.3 Å². The molecule has 1 amide bonds. The maximum atomic E-state index is 12.4. The van der Waals surface area contributed by atoms with Gasteiger partial charge in [-0.1, -0.05) is 12.5 Å². The molecule has 1 aliphatic rings. The number of hydrogen-bond donors (Lipinski definition) is 0. The first-order valence-electron chi connectivity index (χ1n) is 5.96. The molecule has 0 aromatic carbocycles. The molecule has 0 bridgehead atoms. The molecule has 0 saturated heterocycles. The molecular formula is C13H17NO3S. The number of thiophene rings is 1. The summed E-state index contributed by atoms with van der Waals surface area (Å²) in [7, 11) is 3.08. The van der Waals surface area contributed by atoms with Crippen LogP contribution in [0.3, 0.4) is 0 Å². The molecule has 0 aliphatic heterocycles. The van der Waals surface area contributed by atoms with E-state index in [1.165, 1.54) is 7.11 Å². The summed E-state index contributed by atoms with van der Waals surface area (Å²) in [4.78, 5) is 26.9. The third-order valence-corrected chi connectivity index (χ3v) is 4.37. The van der Waals surface area contributed by atoms with Crippen LogP contribution in [0.1, 0.15) is 24.1 Å². The fraction of sp³-hybridized carbons (Fsp3) is 0.538. The Morgan fingerprint density at radius 1 is 1.50 bits per heavy atom. The highest BCUT2D eigenvalue weighted by molar-refractivity contribution is 7.09. The van der Waals surface area contributed by atoms with Crippen molar-refractivity contribution in [1.29, 1.82) is 0 Å². The van der Waals surface area contributed by atoms with Crippen LogP contribution in [0.5, 0.6) is 0 Å². The summed E-state index contributed by atoms with van der Waals surface area (Å²) in [5.74, 6) is -0.509. The fourth-order valence-corrected chi connectivity index (χ4v) is 3.06. The molecule has 1 aliphatic carbocycles. The summed E-state index contributed by atoms with van der Waals surface area (Å²) in [6.45, 7) is 0.551. The minimum absolute atomic E-state index is 0.117. The van der Waals surface area contributed by atoms with E-state index in [9.17, 15) is 9.59 Å². The van der Waals surface area contributed by atoms with Gasteiger partial charge in [0, 0.05) is 11.9 Å². The minimum atomic E-state index is -0.916. The Balaban J connectivity index is 2.07. The van der Waals surface area contributed by atoms with Gasteiger partial charge < -0.3 is 9.64 Å². The highest BCUT2D eigenvalue weighted by Gasteiger charge is 2.53. The van der Waals surface area contributed by atoms with E-state index in [0.29, 0.717) is 19.4 Å². The van der Waals surface area contributed by atoms with Crippen LogP contribution in [0.4, 0.5) is 0 Å². The molecule has 1 saturated carbocycles. The van der Waals surface area contributed by atoms with Crippen LogP contribution in [0.2, 0.25) is 0 Å². The molecule has 4 nitrogen and oxygen atoms in total. The molecule has 18 heavy (non-hydrogen) atoms. The van der Waals surface area contributed by atoms with Gasteiger partial charge in [0.05, 0.1) is 13.7 Å². The predicted molar refractivity (Wildman–Crippen MR) is 69.1 cm³/mol. The monoisotopic (exact) mass is 267 g/mol. The largest absolute Gasteiger partial charge is 0.468 e. The van der Waals surface area contributed by atoms with Crippen molar-refractivity contribution in [3.05, 3.63) is 22.4 Å². The van der Waals surface area contributed by atoms with E-state index in [1.54, 1.807) is 23.3 Å². The van der Waals surface area contributed by atoms with Crippen LogP contribution in [-0.4, -0.2) is 30.9 Å². The van der Waals surface area contributed by atoms with Crippen molar-refractivity contribution in [2.45, 2.75) is 25.8 Å². The van der Waals surface area contributed by atoms with Crippen molar-refractivity contribution in [3.63, 3.8) is 0 Å². The summed E-state index contributed by atoms with van der Waals surface area (Å²) in [5, 5.41) is 1.98. The van der Waals surface area contributed by atoms with E-state index in [1.807, 2.05) is 17.5 Å². The molecular weight excluding hydrogens is 250 g/mol. The number of carbonyl (C=O) groups excluding carboxylic acids is 2. The summed E-state index contributed by atoms with van der Waals surface area (Å²) >= 11 is 1.61. The van der Waals surface area contributed by atoms with Gasteiger partial charge in [0.2, 0.25) is 5.91 Å². The Morgan fingerprint density at radius 3 is 2.67 bits per heavy atom. The van der Waals surface area contributed by atoms with E-state index in [-0.39, 0.29) is 5.91 Å². The van der Waals surface area contributed by atoms with Gasteiger partial charge in [0.1, 0.15) is 5.41 Å². The normalized spacial score (nSPS) is 16.8. The fourth-order valence-electron chi connectivity index (χ4n) is 2.30. The molecule has 0 unspecified atom stereocenters. The van der Waals surface area contributed by atoms with Crippen molar-refractivity contribution in [2.75, 3.05) is 14.2 Å². The first-order chi connectivity index (χ1) is 8.60. The zero-order valence-electron chi connectivity index (χ0n) is 10.6. The number of hydrogen-bond acceptors (Lipinski definition) is 4. The van der Waals surface area contributed by atoms with Crippen molar-refractivity contribution in [3.8, 4) is 0 Å². The number of ether oxygens (including phenoxy) is 1. The molecule has 1 heterocycles. The Labute approximate surface area is 111 Å². The number of carbonyl (C=O) groups is 2. The molecule has 0 atom stereocenters. The number of nitrogens with zero attached hydrogens (tertiary/aromatic N) is 1. The van der Waals surface area contributed by atoms with E-state index in [2.05, 4.69) is 0 Å². The molecule has 0 N–H and O–H groups in total. The zero-order valence-corrected chi connectivity index (χ0v) is 11.5. The molecule has 5 heteroatoms. The van der Waals surface area contributed by atoms with E-state index in [0.717, 1.165) is 11.3 Å². The Kier molecular flexibility index (Phi) is 3.71. The summed E-state index contributed by atoms with van der Waals surface area (Å²) in [5.41, 5.74) is -0.916. The highest BCUT2D eigenvalue weighted by atomic mass is 32.1. The van der Waals surface area contributed by atoms with Crippen LogP contribution in [0.25, 0.3) is 0 Å². The van der Waals surface area contributed by atoms with Crippen LogP contribution in [-0.2, 0) is 20.9 Å². The van der Waals surface area contributed by atoms with Crippen LogP contribution >= 0.6 is 11.3 Å². The lowest BCUT2D eigenvalue weighted by Crippen LogP contribution is -2.51. The van der Waals surface area contributed by atoms with Gasteiger partial charge in [-0.05, 0) is 24.3 Å². The molecule has 1 aromatic rings. The van der Waals surface area contributed by atoms with Gasteiger partial charge in [0.25, 0.3) is 0 Å². The minimum Gasteiger partial charge on any atom is -0.468 e. The molecule has 1 fully saturated rings. The average molecular weight is 267 g/mol. The first-order valence-corrected chi connectivity index (χ1v) is 6.84. The molecule has 98 valence electrons. The summed E-state index contributed by atoms with van der Waals surface area (Å²) in [6, 6.07) is 3.94. The van der Waals surface area contributed by atoms with Crippen molar-refractivity contribution in [1.82, 2.24) is 4.90 Å². The van der Waals surface area contributed by atoms with Gasteiger partial charge >= 0.3 is 5.97 Å². The maximum absolute atomic E-state index is 12.4. The SMILES string of the molecule is COC(=O)C1(C(=O)N(C)Cc2cccs2)CCC1. The second-order valence-electron chi connectivity index (χ2n) is 4.67. The average Bonchev–Trinajstić information content (AvgIpc) is 2.79. The van der Waals surface area contributed by atoms with Gasteiger partial charge in [-0.2, -0.15) is 0 Å². The van der Waals surface area contributed by atoms with Crippen molar-refractivity contribution >= 4 is 23.2 Å². The van der Waals surface area contributed by atoms with Crippen LogP contribution in [0.15, 0.2) is 17.5 Å². The topological polar surface area (TPSA) is 46.6 Å². The Hall–Kier alpha value is -1.36. The molecule has 0 spiro atoms. The third kappa shape index (κ3) is 2.14. The Morgan fingerprint density at radius 2 is 2.22 bits per heavy atom. The van der Waals surface area contributed by atoms with Crippen LogP contribution in [0, 0.1) is 5.41 Å².